The zero-order valence-corrected chi connectivity index (χ0v) is 12.8. The molecule has 0 amide bonds. The first-order chi connectivity index (χ1) is 10.2. The van der Waals surface area contributed by atoms with Gasteiger partial charge in [0.2, 0.25) is 0 Å². The van der Waals surface area contributed by atoms with Crippen molar-refractivity contribution in [1.29, 1.82) is 0 Å². The average Bonchev–Trinajstić information content (AvgIpc) is 2.49. The molecular formula is C18H22FNO. The Balaban J connectivity index is 2.24. The minimum Gasteiger partial charge on any atom is -0.384 e. The first kappa shape index (κ1) is 15.7. The largest absolute Gasteiger partial charge is 0.384 e. The van der Waals surface area contributed by atoms with Crippen LogP contribution in [-0.4, -0.2) is 20.8 Å². The van der Waals surface area contributed by atoms with Gasteiger partial charge in [0.1, 0.15) is 5.82 Å². The van der Waals surface area contributed by atoms with Crippen molar-refractivity contribution in [2.45, 2.75) is 19.4 Å². The molecule has 1 N–H and O–H groups in total. The topological polar surface area (TPSA) is 21.3 Å². The number of aryl methyl sites for hydroxylation is 1. The lowest BCUT2D eigenvalue weighted by Gasteiger charge is -2.18. The number of methoxy groups -OCH3 is 1. The number of hydrogen-bond donors (Lipinski definition) is 1. The monoisotopic (exact) mass is 287 g/mol. The fourth-order valence-corrected chi connectivity index (χ4v) is 2.46. The van der Waals surface area contributed by atoms with Crippen LogP contribution in [0.4, 0.5) is 4.39 Å². The summed E-state index contributed by atoms with van der Waals surface area (Å²) in [6, 6.07) is 13.5. The van der Waals surface area contributed by atoms with Gasteiger partial charge >= 0.3 is 0 Å². The zero-order chi connectivity index (χ0) is 15.2. The quantitative estimate of drug-likeness (QED) is 0.876. The SMILES string of the molecule is CNC(c1ccc(CCOC)cc1)c1ccc(C)cc1F. The molecule has 2 rings (SSSR count). The molecule has 0 aliphatic rings. The van der Waals surface area contributed by atoms with Gasteiger partial charge in [0.15, 0.2) is 0 Å². The van der Waals surface area contributed by atoms with Gasteiger partial charge in [0.25, 0.3) is 0 Å². The summed E-state index contributed by atoms with van der Waals surface area (Å²) >= 11 is 0. The molecule has 112 valence electrons. The second-order valence-electron chi connectivity index (χ2n) is 5.23. The molecular weight excluding hydrogens is 265 g/mol. The van der Waals surface area contributed by atoms with Crippen molar-refractivity contribution in [3.05, 3.63) is 70.5 Å². The van der Waals surface area contributed by atoms with Gasteiger partial charge in [-0.1, -0.05) is 36.4 Å². The van der Waals surface area contributed by atoms with Crippen LogP contribution in [0.25, 0.3) is 0 Å². The third kappa shape index (κ3) is 3.90. The molecule has 2 aromatic rings. The van der Waals surface area contributed by atoms with Gasteiger partial charge in [0, 0.05) is 12.7 Å². The van der Waals surface area contributed by atoms with Crippen LogP contribution in [0.5, 0.6) is 0 Å². The van der Waals surface area contributed by atoms with Gasteiger partial charge in [-0.15, -0.1) is 0 Å². The van der Waals surface area contributed by atoms with Crippen molar-refractivity contribution in [2.75, 3.05) is 20.8 Å². The van der Waals surface area contributed by atoms with Crippen LogP contribution >= 0.6 is 0 Å². The van der Waals surface area contributed by atoms with E-state index in [0.717, 1.165) is 17.5 Å². The highest BCUT2D eigenvalue weighted by atomic mass is 19.1. The van der Waals surface area contributed by atoms with Crippen LogP contribution in [0.1, 0.15) is 28.3 Å². The van der Waals surface area contributed by atoms with E-state index in [1.807, 2.05) is 38.2 Å². The summed E-state index contributed by atoms with van der Waals surface area (Å²) in [6.45, 7) is 2.60. The second-order valence-corrected chi connectivity index (χ2v) is 5.23. The van der Waals surface area contributed by atoms with E-state index in [-0.39, 0.29) is 11.9 Å². The molecule has 0 aromatic heterocycles. The number of benzene rings is 2. The highest BCUT2D eigenvalue weighted by molar-refractivity contribution is 5.35. The maximum Gasteiger partial charge on any atom is 0.128 e. The van der Waals surface area contributed by atoms with Gasteiger partial charge < -0.3 is 10.1 Å². The fraction of sp³-hybridized carbons (Fsp3) is 0.333. The zero-order valence-electron chi connectivity index (χ0n) is 12.8. The molecule has 0 aliphatic heterocycles. The third-order valence-corrected chi connectivity index (χ3v) is 3.66. The molecule has 2 nitrogen and oxygen atoms in total. The molecule has 0 bridgehead atoms. The van der Waals surface area contributed by atoms with E-state index in [1.165, 1.54) is 5.56 Å². The predicted molar refractivity (Wildman–Crippen MR) is 84.1 cm³/mol. The Morgan fingerprint density at radius 3 is 2.43 bits per heavy atom. The molecule has 0 saturated carbocycles. The molecule has 0 spiro atoms. The summed E-state index contributed by atoms with van der Waals surface area (Å²) < 4.78 is 19.2. The summed E-state index contributed by atoms with van der Waals surface area (Å²) in [4.78, 5) is 0. The van der Waals surface area contributed by atoms with Crippen LogP contribution in [0.3, 0.4) is 0 Å². The van der Waals surface area contributed by atoms with E-state index in [4.69, 9.17) is 4.74 Å². The van der Waals surface area contributed by atoms with Crippen LogP contribution in [0.2, 0.25) is 0 Å². The molecule has 0 saturated heterocycles. The van der Waals surface area contributed by atoms with Gasteiger partial charge in [-0.25, -0.2) is 4.39 Å². The summed E-state index contributed by atoms with van der Waals surface area (Å²) in [5.74, 6) is -0.169. The van der Waals surface area contributed by atoms with Crippen LogP contribution in [-0.2, 0) is 11.2 Å². The predicted octanol–water partition coefficient (Wildman–Crippen LogP) is 3.63. The molecule has 1 unspecified atom stereocenters. The Bertz CT molecular complexity index is 580. The first-order valence-electron chi connectivity index (χ1n) is 7.16. The van der Waals surface area contributed by atoms with Crippen molar-refractivity contribution in [3.63, 3.8) is 0 Å². The summed E-state index contributed by atoms with van der Waals surface area (Å²) in [5, 5.41) is 3.19. The summed E-state index contributed by atoms with van der Waals surface area (Å²) in [5.41, 5.74) is 3.88. The Morgan fingerprint density at radius 1 is 1.14 bits per heavy atom. The Labute approximate surface area is 126 Å². The molecule has 0 heterocycles. The van der Waals surface area contributed by atoms with E-state index in [2.05, 4.69) is 17.4 Å². The first-order valence-corrected chi connectivity index (χ1v) is 7.16. The second kappa shape index (κ2) is 7.34. The molecule has 21 heavy (non-hydrogen) atoms. The lowest BCUT2D eigenvalue weighted by atomic mass is 9.96. The highest BCUT2D eigenvalue weighted by Crippen LogP contribution is 2.25. The van der Waals surface area contributed by atoms with Gasteiger partial charge in [-0.3, -0.25) is 0 Å². The normalized spacial score (nSPS) is 12.4. The van der Waals surface area contributed by atoms with Crippen molar-refractivity contribution in [3.8, 4) is 0 Å². The maximum absolute atomic E-state index is 14.2. The van der Waals surface area contributed by atoms with E-state index < -0.39 is 0 Å². The minimum absolute atomic E-state index is 0.137. The standard InChI is InChI=1S/C18H22FNO/c1-13-4-9-16(17(19)12-13)18(20-2)15-7-5-14(6-8-15)10-11-21-3/h4-9,12,18,20H,10-11H2,1-3H3. The number of nitrogens with one attached hydrogen (secondary N) is 1. The molecule has 2 aromatic carbocycles. The van der Waals surface area contributed by atoms with Crippen LogP contribution in [0.15, 0.2) is 42.5 Å². The average molecular weight is 287 g/mol. The van der Waals surface area contributed by atoms with Crippen LogP contribution < -0.4 is 5.32 Å². The van der Waals surface area contributed by atoms with E-state index >= 15 is 0 Å². The van der Waals surface area contributed by atoms with Gasteiger partial charge in [-0.2, -0.15) is 0 Å². The van der Waals surface area contributed by atoms with E-state index in [0.29, 0.717) is 12.2 Å². The summed E-state index contributed by atoms with van der Waals surface area (Å²) in [6.07, 6.45) is 0.889. The Morgan fingerprint density at radius 2 is 1.86 bits per heavy atom. The van der Waals surface area contributed by atoms with Gasteiger partial charge in [-0.05, 0) is 43.1 Å². The lowest BCUT2D eigenvalue weighted by molar-refractivity contribution is 0.202. The Kier molecular flexibility index (Phi) is 5.48. The smallest absolute Gasteiger partial charge is 0.128 e. The van der Waals surface area contributed by atoms with Crippen molar-refractivity contribution < 1.29 is 9.13 Å². The van der Waals surface area contributed by atoms with Crippen molar-refractivity contribution in [2.24, 2.45) is 0 Å². The number of halogens is 1. The third-order valence-electron chi connectivity index (χ3n) is 3.66. The number of rotatable bonds is 6. The molecule has 0 radical (unpaired) electrons. The molecule has 0 aliphatic carbocycles. The molecule has 0 fully saturated rings. The number of ether oxygens (including phenoxy) is 1. The summed E-state index contributed by atoms with van der Waals surface area (Å²) in [7, 11) is 3.55. The van der Waals surface area contributed by atoms with E-state index in [9.17, 15) is 4.39 Å². The molecule has 1 atom stereocenters. The van der Waals surface area contributed by atoms with Gasteiger partial charge in [0.05, 0.1) is 12.6 Å². The Hall–Kier alpha value is -1.71. The van der Waals surface area contributed by atoms with Crippen molar-refractivity contribution in [1.82, 2.24) is 5.32 Å². The molecule has 3 heteroatoms. The fourth-order valence-electron chi connectivity index (χ4n) is 2.46. The minimum atomic E-state index is -0.169. The van der Waals surface area contributed by atoms with Crippen LogP contribution in [0, 0.1) is 12.7 Å². The lowest BCUT2D eigenvalue weighted by Crippen LogP contribution is -2.19. The van der Waals surface area contributed by atoms with E-state index in [1.54, 1.807) is 13.2 Å². The van der Waals surface area contributed by atoms with Crippen molar-refractivity contribution >= 4 is 0 Å². The number of hydrogen-bond acceptors (Lipinski definition) is 2. The maximum atomic E-state index is 14.2. The highest BCUT2D eigenvalue weighted by Gasteiger charge is 2.16.